The van der Waals surface area contributed by atoms with Crippen molar-refractivity contribution in [1.82, 2.24) is 15.0 Å². The molecule has 3 rings (SSSR count). The predicted octanol–water partition coefficient (Wildman–Crippen LogP) is 5.12. The lowest BCUT2D eigenvalue weighted by Gasteiger charge is -2.22. The van der Waals surface area contributed by atoms with Crippen molar-refractivity contribution in [3.8, 4) is 5.75 Å². The first-order valence-electron chi connectivity index (χ1n) is 9.04. The second-order valence-corrected chi connectivity index (χ2v) is 7.22. The summed E-state index contributed by atoms with van der Waals surface area (Å²) in [7, 11) is 0. The quantitative estimate of drug-likeness (QED) is 0.556. The first kappa shape index (κ1) is 21.3. The average Bonchev–Trinajstić information content (AvgIpc) is 2.65. The minimum absolute atomic E-state index is 0.222. The van der Waals surface area contributed by atoms with Crippen molar-refractivity contribution in [3.05, 3.63) is 58.8 Å². The van der Waals surface area contributed by atoms with Crippen molar-refractivity contribution < 1.29 is 17.9 Å². The van der Waals surface area contributed by atoms with E-state index in [9.17, 15) is 13.2 Å². The van der Waals surface area contributed by atoms with Crippen LogP contribution < -0.4 is 10.5 Å². The Labute approximate surface area is 171 Å². The molecule has 2 aromatic heterocycles. The molecular weight excluding hydrogens is 405 g/mol. The Morgan fingerprint density at radius 2 is 1.93 bits per heavy atom. The second kappa shape index (κ2) is 8.51. The van der Waals surface area contributed by atoms with Crippen molar-refractivity contribution in [2.75, 3.05) is 0 Å². The van der Waals surface area contributed by atoms with E-state index in [1.807, 2.05) is 0 Å². The number of ether oxygens (including phenoxy) is 1. The van der Waals surface area contributed by atoms with Gasteiger partial charge in [0.25, 0.3) is 0 Å². The number of aromatic nitrogens is 3. The summed E-state index contributed by atoms with van der Waals surface area (Å²) in [5, 5.41) is 1.11. The highest BCUT2D eigenvalue weighted by Gasteiger charge is 2.36. The highest BCUT2D eigenvalue weighted by atomic mass is 35.5. The van der Waals surface area contributed by atoms with E-state index in [1.165, 1.54) is 6.07 Å². The van der Waals surface area contributed by atoms with Crippen LogP contribution in [-0.4, -0.2) is 21.1 Å². The molecule has 5 nitrogen and oxygen atoms in total. The van der Waals surface area contributed by atoms with Gasteiger partial charge in [0.15, 0.2) is 0 Å². The van der Waals surface area contributed by atoms with E-state index >= 15 is 0 Å². The van der Waals surface area contributed by atoms with Crippen LogP contribution in [0.2, 0.25) is 5.15 Å². The molecule has 0 bridgehead atoms. The Bertz CT molecular complexity index is 1010. The molecule has 0 aliphatic heterocycles. The van der Waals surface area contributed by atoms with Crippen molar-refractivity contribution in [2.45, 2.75) is 45.0 Å². The maximum atomic E-state index is 13.4. The first-order chi connectivity index (χ1) is 13.6. The summed E-state index contributed by atoms with van der Waals surface area (Å²) >= 11 is 5.85. The van der Waals surface area contributed by atoms with E-state index in [1.54, 1.807) is 38.4 Å². The zero-order valence-corrected chi connectivity index (χ0v) is 16.6. The van der Waals surface area contributed by atoms with Gasteiger partial charge in [-0.3, -0.25) is 0 Å². The maximum absolute atomic E-state index is 13.4. The van der Waals surface area contributed by atoms with E-state index in [4.69, 9.17) is 22.1 Å². The van der Waals surface area contributed by atoms with Gasteiger partial charge in [-0.25, -0.2) is 15.0 Å². The molecule has 0 amide bonds. The summed E-state index contributed by atoms with van der Waals surface area (Å²) < 4.78 is 45.9. The number of rotatable bonds is 6. The molecule has 154 valence electrons. The molecular formula is C20H20ClF3N4O. The van der Waals surface area contributed by atoms with Crippen LogP contribution in [0.3, 0.4) is 0 Å². The number of aryl methyl sites for hydroxylation is 1. The third-order valence-electron chi connectivity index (χ3n) is 4.42. The Balaban J connectivity index is 1.76. The molecule has 0 fully saturated rings. The third-order valence-corrected chi connectivity index (χ3v) is 4.62. The fourth-order valence-electron chi connectivity index (χ4n) is 2.93. The van der Waals surface area contributed by atoms with Crippen LogP contribution >= 0.6 is 11.6 Å². The molecule has 29 heavy (non-hydrogen) atoms. The first-order valence-corrected chi connectivity index (χ1v) is 9.42. The second-order valence-electron chi connectivity index (χ2n) is 6.83. The molecule has 0 aliphatic carbocycles. The number of para-hydroxylation sites is 1. The molecule has 2 atom stereocenters. The zero-order valence-electron chi connectivity index (χ0n) is 15.9. The molecule has 0 radical (unpaired) electrons. The number of halogens is 4. The number of nitrogens with two attached hydrogens (primary N) is 1. The summed E-state index contributed by atoms with van der Waals surface area (Å²) in [6.45, 7) is 3.33. The smallest absolute Gasteiger partial charge is 0.419 e. The number of alkyl halides is 3. The normalized spacial score (nSPS) is 14.0. The van der Waals surface area contributed by atoms with E-state index < -0.39 is 23.9 Å². The lowest BCUT2D eigenvalue weighted by atomic mass is 10.0. The van der Waals surface area contributed by atoms with Crippen LogP contribution in [0.5, 0.6) is 5.75 Å². The lowest BCUT2D eigenvalue weighted by molar-refractivity contribution is -0.139. The lowest BCUT2D eigenvalue weighted by Crippen LogP contribution is -2.20. The number of hydrogen-bond acceptors (Lipinski definition) is 5. The molecule has 0 saturated carbocycles. The Morgan fingerprint density at radius 3 is 2.62 bits per heavy atom. The molecule has 3 aromatic rings. The van der Waals surface area contributed by atoms with Gasteiger partial charge < -0.3 is 10.5 Å². The number of hydrogen-bond donors (Lipinski definition) is 1. The zero-order chi connectivity index (χ0) is 21.2. The molecule has 9 heteroatoms. The Morgan fingerprint density at radius 1 is 1.17 bits per heavy atom. The van der Waals surface area contributed by atoms with Crippen molar-refractivity contribution in [3.63, 3.8) is 0 Å². The number of nitrogens with zero attached hydrogens (tertiary/aromatic N) is 3. The fraction of sp³-hybridized carbons (Fsp3) is 0.350. The largest absolute Gasteiger partial charge is 0.490 e. The monoisotopic (exact) mass is 424 g/mol. The summed E-state index contributed by atoms with van der Waals surface area (Å²) in [5.74, 6) is 0.328. The van der Waals surface area contributed by atoms with E-state index in [-0.39, 0.29) is 5.75 Å². The van der Waals surface area contributed by atoms with Gasteiger partial charge in [-0.15, -0.1) is 0 Å². The minimum Gasteiger partial charge on any atom is -0.490 e. The predicted molar refractivity (Wildman–Crippen MR) is 105 cm³/mol. The molecule has 2 N–H and O–H groups in total. The van der Waals surface area contributed by atoms with Gasteiger partial charge in [-0.2, -0.15) is 13.2 Å². The van der Waals surface area contributed by atoms with Gasteiger partial charge in [0.05, 0.1) is 23.4 Å². The number of fused-ring (bicyclic) bond motifs is 1. The van der Waals surface area contributed by atoms with E-state index in [0.29, 0.717) is 34.9 Å². The summed E-state index contributed by atoms with van der Waals surface area (Å²) in [5.41, 5.74) is 5.98. The number of pyridine rings is 1. The van der Waals surface area contributed by atoms with Gasteiger partial charge >= 0.3 is 6.18 Å². The van der Waals surface area contributed by atoms with Gasteiger partial charge in [0.1, 0.15) is 16.7 Å². The SMILES string of the molecule is C[C@H](CCc1ncc2cc(Cl)ncc2n1)Oc1c([C@@H](C)N)cccc1C(F)(F)F. The van der Waals surface area contributed by atoms with E-state index in [0.717, 1.165) is 11.5 Å². The maximum Gasteiger partial charge on any atom is 0.419 e. The van der Waals surface area contributed by atoms with E-state index in [2.05, 4.69) is 15.0 Å². The molecule has 0 saturated heterocycles. The van der Waals surface area contributed by atoms with Crippen LogP contribution in [0, 0.1) is 0 Å². The highest BCUT2D eigenvalue weighted by molar-refractivity contribution is 6.30. The van der Waals surface area contributed by atoms with Crippen molar-refractivity contribution in [1.29, 1.82) is 0 Å². The van der Waals surface area contributed by atoms with Crippen LogP contribution in [0.4, 0.5) is 13.2 Å². The number of benzene rings is 1. The van der Waals surface area contributed by atoms with Gasteiger partial charge in [0.2, 0.25) is 0 Å². The Kier molecular flexibility index (Phi) is 6.24. The topological polar surface area (TPSA) is 73.9 Å². The Hall–Kier alpha value is -2.45. The van der Waals surface area contributed by atoms with Crippen molar-refractivity contribution in [2.24, 2.45) is 5.73 Å². The molecule has 0 aliphatic rings. The average molecular weight is 425 g/mol. The standard InChI is InChI=1S/C20H20ClF3N4O/c1-11(6-7-18-27-9-13-8-17(21)26-10-16(13)28-18)29-19-14(12(2)25)4-3-5-15(19)20(22,23)24/h3-5,8-12H,6-7,25H2,1-2H3/t11-,12-/m1/s1. The van der Waals surface area contributed by atoms with Crippen LogP contribution in [0.1, 0.15) is 43.3 Å². The van der Waals surface area contributed by atoms with Crippen LogP contribution in [0.25, 0.3) is 10.9 Å². The molecule has 0 unspecified atom stereocenters. The summed E-state index contributed by atoms with van der Waals surface area (Å²) in [4.78, 5) is 12.7. The van der Waals surface area contributed by atoms with Gasteiger partial charge in [-0.05, 0) is 32.4 Å². The van der Waals surface area contributed by atoms with Crippen molar-refractivity contribution >= 4 is 22.5 Å². The highest BCUT2D eigenvalue weighted by Crippen LogP contribution is 2.40. The fourth-order valence-corrected chi connectivity index (χ4v) is 3.09. The third kappa shape index (κ3) is 5.13. The summed E-state index contributed by atoms with van der Waals surface area (Å²) in [6, 6.07) is 4.95. The molecule has 1 aromatic carbocycles. The van der Waals surface area contributed by atoms with Gasteiger partial charge in [0, 0.05) is 29.6 Å². The summed E-state index contributed by atoms with van der Waals surface area (Å²) in [6.07, 6.45) is -0.978. The molecule has 2 heterocycles. The minimum atomic E-state index is -4.53. The van der Waals surface area contributed by atoms with Gasteiger partial charge in [-0.1, -0.05) is 23.7 Å². The van der Waals surface area contributed by atoms with Crippen LogP contribution in [-0.2, 0) is 12.6 Å². The van der Waals surface area contributed by atoms with Crippen LogP contribution in [0.15, 0.2) is 36.7 Å². The molecule has 0 spiro atoms.